The third-order valence-electron chi connectivity index (χ3n) is 5.27. The molecule has 0 fully saturated rings. The number of esters is 1. The Hall–Kier alpha value is -4.07. The molecule has 34 heavy (non-hydrogen) atoms. The fourth-order valence-corrected chi connectivity index (χ4v) is 3.61. The molecule has 8 heteroatoms. The van der Waals surface area contributed by atoms with Crippen molar-refractivity contribution in [2.45, 2.75) is 27.3 Å². The zero-order valence-electron chi connectivity index (χ0n) is 19.7. The van der Waals surface area contributed by atoms with Gasteiger partial charge in [-0.1, -0.05) is 39.0 Å². The summed E-state index contributed by atoms with van der Waals surface area (Å²) in [5, 5.41) is 6.93. The molecule has 8 nitrogen and oxygen atoms in total. The number of rotatable bonds is 7. The predicted octanol–water partition coefficient (Wildman–Crippen LogP) is 5.17. The van der Waals surface area contributed by atoms with E-state index >= 15 is 0 Å². The molecule has 4 rings (SSSR count). The van der Waals surface area contributed by atoms with E-state index in [-0.39, 0.29) is 23.6 Å². The number of hydrogen-bond acceptors (Lipinski definition) is 6. The lowest BCUT2D eigenvalue weighted by Gasteiger charge is -2.19. The van der Waals surface area contributed by atoms with E-state index in [1.54, 1.807) is 47.4 Å². The Kier molecular flexibility index (Phi) is 6.40. The Labute approximate surface area is 197 Å². The Morgan fingerprint density at radius 3 is 2.53 bits per heavy atom. The van der Waals surface area contributed by atoms with Crippen molar-refractivity contribution in [3.05, 3.63) is 78.0 Å². The number of nitrogens with zero attached hydrogens (tertiary/aromatic N) is 2. The Morgan fingerprint density at radius 1 is 1.12 bits per heavy atom. The molecule has 3 aromatic heterocycles. The van der Waals surface area contributed by atoms with Crippen molar-refractivity contribution in [1.29, 1.82) is 0 Å². The first-order chi connectivity index (χ1) is 16.3. The molecular formula is C26H28N4O4. The molecule has 1 amide bonds. The van der Waals surface area contributed by atoms with Crippen molar-refractivity contribution in [3.63, 3.8) is 0 Å². The number of pyridine rings is 1. The maximum absolute atomic E-state index is 13.1. The molecule has 3 heterocycles. The molecule has 4 aromatic rings. The quantitative estimate of drug-likeness (QED) is 0.369. The number of ether oxygens (including phenoxy) is 1. The first-order valence-corrected chi connectivity index (χ1v) is 11.0. The summed E-state index contributed by atoms with van der Waals surface area (Å²) in [4.78, 5) is 30.6. The first kappa shape index (κ1) is 23.1. The summed E-state index contributed by atoms with van der Waals surface area (Å²) in [5.41, 5.74) is 2.38. The zero-order valence-corrected chi connectivity index (χ0v) is 19.7. The van der Waals surface area contributed by atoms with Gasteiger partial charge in [-0.15, -0.1) is 0 Å². The Bertz CT molecular complexity index is 1300. The molecule has 2 N–H and O–H groups in total. The van der Waals surface area contributed by atoms with Gasteiger partial charge in [-0.25, -0.2) is 9.78 Å². The van der Waals surface area contributed by atoms with E-state index in [0.717, 1.165) is 12.2 Å². The molecule has 0 aliphatic carbocycles. The molecule has 0 aliphatic rings. The molecule has 0 saturated heterocycles. The highest BCUT2D eigenvalue weighted by Gasteiger charge is 2.27. The van der Waals surface area contributed by atoms with Crippen molar-refractivity contribution in [2.75, 3.05) is 24.3 Å². The number of carbonyl (C=O) groups excluding carboxylic acids is 2. The number of fused-ring (bicyclic) bond motifs is 1. The molecule has 0 radical (unpaired) electrons. The van der Waals surface area contributed by atoms with Crippen molar-refractivity contribution < 1.29 is 18.7 Å². The summed E-state index contributed by atoms with van der Waals surface area (Å²) in [5.74, 6) is -0.285. The third-order valence-corrected chi connectivity index (χ3v) is 5.27. The second kappa shape index (κ2) is 9.43. The van der Waals surface area contributed by atoms with E-state index in [1.807, 2.05) is 18.2 Å². The van der Waals surface area contributed by atoms with Gasteiger partial charge in [-0.05, 0) is 35.7 Å². The van der Waals surface area contributed by atoms with E-state index in [4.69, 9.17) is 9.15 Å². The minimum absolute atomic E-state index is 0.0572. The van der Waals surface area contributed by atoms with Gasteiger partial charge < -0.3 is 24.4 Å². The second-order valence-electron chi connectivity index (χ2n) is 9.21. The van der Waals surface area contributed by atoms with Gasteiger partial charge in [0.25, 0.3) is 5.91 Å². The highest BCUT2D eigenvalue weighted by molar-refractivity contribution is 6.14. The molecule has 0 atom stereocenters. The lowest BCUT2D eigenvalue weighted by molar-refractivity contribution is 0.0590. The highest BCUT2D eigenvalue weighted by atomic mass is 16.5. The van der Waals surface area contributed by atoms with Crippen LogP contribution in [0.2, 0.25) is 0 Å². The van der Waals surface area contributed by atoms with Crippen LogP contribution in [0.5, 0.6) is 0 Å². The summed E-state index contributed by atoms with van der Waals surface area (Å²) < 4.78 is 12.3. The summed E-state index contributed by atoms with van der Waals surface area (Å²) >= 11 is 0. The number of benzene rings is 1. The van der Waals surface area contributed by atoms with Crippen molar-refractivity contribution in [3.8, 4) is 0 Å². The molecule has 0 unspecified atom stereocenters. The van der Waals surface area contributed by atoms with Crippen molar-refractivity contribution >= 4 is 34.3 Å². The van der Waals surface area contributed by atoms with Gasteiger partial charge >= 0.3 is 5.97 Å². The normalized spacial score (nSPS) is 11.4. The second-order valence-corrected chi connectivity index (χ2v) is 9.21. The van der Waals surface area contributed by atoms with Crippen LogP contribution in [0, 0.1) is 5.41 Å². The molecule has 1 aromatic carbocycles. The predicted molar refractivity (Wildman–Crippen MR) is 131 cm³/mol. The number of nitrogens with one attached hydrogen (secondary N) is 2. The van der Waals surface area contributed by atoms with Crippen LogP contribution in [-0.4, -0.2) is 35.1 Å². The largest absolute Gasteiger partial charge is 0.467 e. The molecular weight excluding hydrogens is 432 g/mol. The number of carbonyl (C=O) groups is 2. The molecule has 0 spiro atoms. The Balaban J connectivity index is 1.86. The minimum Gasteiger partial charge on any atom is -0.467 e. The summed E-state index contributed by atoms with van der Waals surface area (Å²) in [6, 6.07) is 14.3. The molecule has 0 saturated carbocycles. The van der Waals surface area contributed by atoms with E-state index < -0.39 is 5.97 Å². The molecule has 0 aliphatic heterocycles. The van der Waals surface area contributed by atoms with Crippen LogP contribution in [0.15, 0.2) is 65.4 Å². The first-order valence-electron chi connectivity index (χ1n) is 11.0. The van der Waals surface area contributed by atoms with Crippen molar-refractivity contribution in [1.82, 2.24) is 9.55 Å². The smallest absolute Gasteiger partial charge is 0.356 e. The standard InChI is InChI=1S/C26H28N4O4/c1-26(2,3)16-28-18-13-20-21(29-24(31)17-9-6-5-7-10-17)22(25(32)33-4)30(23(20)27-14-18)15-19-11-8-12-34-19/h5-14,28H,15-16H2,1-4H3,(H,29,31). The number of hydrogen-bond donors (Lipinski definition) is 2. The van der Waals surface area contributed by atoms with Crippen LogP contribution < -0.4 is 10.6 Å². The molecule has 0 bridgehead atoms. The van der Waals surface area contributed by atoms with Gasteiger partial charge in [-0.2, -0.15) is 0 Å². The average molecular weight is 461 g/mol. The number of anilines is 2. The monoisotopic (exact) mass is 460 g/mol. The fraction of sp³-hybridized carbons (Fsp3) is 0.269. The number of amides is 1. The molecule has 176 valence electrons. The van der Waals surface area contributed by atoms with Crippen LogP contribution in [0.1, 0.15) is 47.4 Å². The number of methoxy groups -OCH3 is 1. The maximum atomic E-state index is 13.1. The van der Waals surface area contributed by atoms with Crippen LogP contribution in [-0.2, 0) is 11.3 Å². The summed E-state index contributed by atoms with van der Waals surface area (Å²) in [6.45, 7) is 7.37. The zero-order chi connectivity index (χ0) is 24.3. The third kappa shape index (κ3) is 4.96. The van der Waals surface area contributed by atoms with Gasteiger partial charge in [0.1, 0.15) is 11.4 Å². The Morgan fingerprint density at radius 2 is 1.88 bits per heavy atom. The van der Waals surface area contributed by atoms with E-state index in [2.05, 4.69) is 36.4 Å². The summed E-state index contributed by atoms with van der Waals surface area (Å²) in [7, 11) is 1.31. The van der Waals surface area contributed by atoms with E-state index in [0.29, 0.717) is 28.0 Å². The average Bonchev–Trinajstić information content (AvgIpc) is 3.44. The van der Waals surface area contributed by atoms with Crippen LogP contribution >= 0.6 is 0 Å². The van der Waals surface area contributed by atoms with Gasteiger partial charge in [-0.3, -0.25) is 4.79 Å². The SMILES string of the molecule is COC(=O)c1c(NC(=O)c2ccccc2)c2cc(NCC(C)(C)C)cnc2n1Cc1ccco1. The highest BCUT2D eigenvalue weighted by Crippen LogP contribution is 2.34. The topological polar surface area (TPSA) is 98.4 Å². The van der Waals surface area contributed by atoms with Gasteiger partial charge in [0.2, 0.25) is 0 Å². The van der Waals surface area contributed by atoms with Gasteiger partial charge in [0.15, 0.2) is 5.69 Å². The van der Waals surface area contributed by atoms with Gasteiger partial charge in [0, 0.05) is 17.5 Å². The fourth-order valence-electron chi connectivity index (χ4n) is 3.61. The summed E-state index contributed by atoms with van der Waals surface area (Å²) in [6.07, 6.45) is 3.29. The van der Waals surface area contributed by atoms with Gasteiger partial charge in [0.05, 0.1) is 37.5 Å². The van der Waals surface area contributed by atoms with Crippen LogP contribution in [0.3, 0.4) is 0 Å². The lowest BCUT2D eigenvalue weighted by Crippen LogP contribution is -2.19. The number of aromatic nitrogens is 2. The minimum atomic E-state index is -0.586. The van der Waals surface area contributed by atoms with E-state index in [1.165, 1.54) is 7.11 Å². The number of furan rings is 1. The lowest BCUT2D eigenvalue weighted by atomic mass is 9.97. The van der Waals surface area contributed by atoms with Crippen molar-refractivity contribution in [2.24, 2.45) is 5.41 Å². The van der Waals surface area contributed by atoms with E-state index in [9.17, 15) is 9.59 Å². The van der Waals surface area contributed by atoms with Crippen LogP contribution in [0.4, 0.5) is 11.4 Å². The maximum Gasteiger partial charge on any atom is 0.356 e. The van der Waals surface area contributed by atoms with Crippen LogP contribution in [0.25, 0.3) is 11.0 Å².